The maximum atomic E-state index is 11.7. The van der Waals surface area contributed by atoms with Crippen LogP contribution in [0.4, 0.5) is 10.5 Å². The predicted molar refractivity (Wildman–Crippen MR) is 87.4 cm³/mol. The first kappa shape index (κ1) is 15.4. The second-order valence-corrected chi connectivity index (χ2v) is 5.07. The molecule has 2 aromatic rings. The largest absolute Gasteiger partial charge is 0.339 e. The fourth-order valence-corrected chi connectivity index (χ4v) is 1.99. The lowest BCUT2D eigenvalue weighted by Crippen LogP contribution is -2.24. The van der Waals surface area contributed by atoms with E-state index in [4.69, 9.17) is 23.2 Å². The first-order valence-corrected chi connectivity index (χ1v) is 6.93. The Labute approximate surface area is 132 Å². The van der Waals surface area contributed by atoms with Gasteiger partial charge in [0.15, 0.2) is 0 Å². The van der Waals surface area contributed by atoms with E-state index in [1.165, 1.54) is 6.21 Å². The topological polar surface area (TPSA) is 53.5 Å². The van der Waals surface area contributed by atoms with Crippen LogP contribution in [0.25, 0.3) is 0 Å². The Morgan fingerprint density at radius 2 is 1.81 bits per heavy atom. The van der Waals surface area contributed by atoms with Crippen LogP contribution in [-0.4, -0.2) is 12.2 Å². The standard InChI is InChI=1S/C15H13Cl2N3O/c1-10-12(16)7-4-8-14(10)19-15(21)20-18-9-11-5-2-3-6-13(11)17/h2-9H,1H3,(H2,19,20,21)/b18-9-. The molecule has 108 valence electrons. The number of carbonyl (C=O) groups excluding carboxylic acids is 1. The van der Waals surface area contributed by atoms with E-state index in [1.54, 1.807) is 30.3 Å². The van der Waals surface area contributed by atoms with Gasteiger partial charge in [0.25, 0.3) is 0 Å². The zero-order valence-electron chi connectivity index (χ0n) is 11.2. The number of hydrogen-bond donors (Lipinski definition) is 2. The summed E-state index contributed by atoms with van der Waals surface area (Å²) in [5, 5.41) is 7.67. The van der Waals surface area contributed by atoms with Crippen molar-refractivity contribution in [2.24, 2.45) is 5.10 Å². The molecule has 0 bridgehead atoms. The Morgan fingerprint density at radius 3 is 2.57 bits per heavy atom. The van der Waals surface area contributed by atoms with Crippen LogP contribution >= 0.6 is 23.2 Å². The molecule has 0 aliphatic carbocycles. The van der Waals surface area contributed by atoms with Gasteiger partial charge < -0.3 is 5.32 Å². The first-order chi connectivity index (χ1) is 10.1. The number of rotatable bonds is 3. The van der Waals surface area contributed by atoms with Gasteiger partial charge in [-0.15, -0.1) is 0 Å². The molecule has 0 fully saturated rings. The number of urea groups is 1. The Bertz CT molecular complexity index is 686. The average Bonchev–Trinajstić information content (AvgIpc) is 2.46. The number of anilines is 1. The molecular weight excluding hydrogens is 309 g/mol. The molecule has 0 aliphatic heterocycles. The van der Waals surface area contributed by atoms with Crippen molar-refractivity contribution in [3.8, 4) is 0 Å². The van der Waals surface area contributed by atoms with Crippen LogP contribution in [0.3, 0.4) is 0 Å². The fraction of sp³-hybridized carbons (Fsp3) is 0.0667. The molecule has 21 heavy (non-hydrogen) atoms. The van der Waals surface area contributed by atoms with Crippen molar-refractivity contribution < 1.29 is 4.79 Å². The van der Waals surface area contributed by atoms with Gasteiger partial charge in [-0.05, 0) is 30.7 Å². The smallest absolute Gasteiger partial charge is 0.306 e. The van der Waals surface area contributed by atoms with Crippen molar-refractivity contribution >= 4 is 41.1 Å². The van der Waals surface area contributed by atoms with Crippen LogP contribution in [0.2, 0.25) is 10.0 Å². The summed E-state index contributed by atoms with van der Waals surface area (Å²) in [6.07, 6.45) is 1.48. The summed E-state index contributed by atoms with van der Waals surface area (Å²) in [6.45, 7) is 1.82. The Balaban J connectivity index is 1.97. The van der Waals surface area contributed by atoms with E-state index in [2.05, 4.69) is 15.8 Å². The lowest BCUT2D eigenvalue weighted by Gasteiger charge is -2.08. The zero-order chi connectivity index (χ0) is 15.2. The number of nitrogens with zero attached hydrogens (tertiary/aromatic N) is 1. The van der Waals surface area contributed by atoms with Crippen molar-refractivity contribution in [1.82, 2.24) is 5.43 Å². The number of amides is 2. The highest BCUT2D eigenvalue weighted by molar-refractivity contribution is 6.33. The second kappa shape index (κ2) is 7.11. The molecule has 2 amide bonds. The maximum Gasteiger partial charge on any atom is 0.339 e. The predicted octanol–water partition coefficient (Wildman–Crippen LogP) is 4.46. The normalized spacial score (nSPS) is 10.6. The summed E-state index contributed by atoms with van der Waals surface area (Å²) in [5.74, 6) is 0. The molecule has 2 rings (SSSR count). The number of nitrogens with one attached hydrogen (secondary N) is 2. The molecule has 0 spiro atoms. The molecule has 0 saturated carbocycles. The average molecular weight is 322 g/mol. The van der Waals surface area contributed by atoms with Crippen LogP contribution in [0.1, 0.15) is 11.1 Å². The fourth-order valence-electron chi connectivity index (χ4n) is 1.63. The summed E-state index contributed by atoms with van der Waals surface area (Å²) >= 11 is 12.0. The number of carbonyl (C=O) groups is 1. The summed E-state index contributed by atoms with van der Waals surface area (Å²) in [4.78, 5) is 11.7. The lowest BCUT2D eigenvalue weighted by molar-refractivity contribution is 0.252. The number of halogens is 2. The Morgan fingerprint density at radius 1 is 1.10 bits per heavy atom. The van der Waals surface area contributed by atoms with Crippen molar-refractivity contribution in [3.05, 3.63) is 63.6 Å². The van der Waals surface area contributed by atoms with E-state index < -0.39 is 6.03 Å². The van der Waals surface area contributed by atoms with E-state index in [9.17, 15) is 4.79 Å². The third-order valence-electron chi connectivity index (χ3n) is 2.79. The minimum Gasteiger partial charge on any atom is -0.306 e. The van der Waals surface area contributed by atoms with E-state index in [-0.39, 0.29) is 0 Å². The van der Waals surface area contributed by atoms with Gasteiger partial charge in [-0.2, -0.15) is 5.10 Å². The molecule has 0 atom stereocenters. The van der Waals surface area contributed by atoms with Crippen molar-refractivity contribution in [3.63, 3.8) is 0 Å². The maximum absolute atomic E-state index is 11.7. The lowest BCUT2D eigenvalue weighted by atomic mass is 10.2. The van der Waals surface area contributed by atoms with Gasteiger partial charge >= 0.3 is 6.03 Å². The highest BCUT2D eigenvalue weighted by Gasteiger charge is 2.05. The van der Waals surface area contributed by atoms with Gasteiger partial charge in [-0.25, -0.2) is 10.2 Å². The summed E-state index contributed by atoms with van der Waals surface area (Å²) in [5.41, 5.74) is 4.52. The molecule has 4 nitrogen and oxygen atoms in total. The molecule has 0 heterocycles. The third-order valence-corrected chi connectivity index (χ3v) is 3.54. The first-order valence-electron chi connectivity index (χ1n) is 6.17. The van der Waals surface area contributed by atoms with E-state index in [0.29, 0.717) is 15.7 Å². The van der Waals surface area contributed by atoms with Gasteiger partial charge in [0.05, 0.1) is 6.21 Å². The van der Waals surface area contributed by atoms with Crippen LogP contribution in [0.15, 0.2) is 47.6 Å². The molecule has 0 aromatic heterocycles. The zero-order valence-corrected chi connectivity index (χ0v) is 12.7. The Hall–Kier alpha value is -2.04. The molecule has 2 aromatic carbocycles. The van der Waals surface area contributed by atoms with Gasteiger partial charge in [0, 0.05) is 21.3 Å². The van der Waals surface area contributed by atoms with Gasteiger partial charge in [-0.3, -0.25) is 0 Å². The van der Waals surface area contributed by atoms with Gasteiger partial charge in [-0.1, -0.05) is 47.5 Å². The molecule has 6 heteroatoms. The third kappa shape index (κ3) is 4.21. The summed E-state index contributed by atoms with van der Waals surface area (Å²) in [7, 11) is 0. The molecular formula is C15H13Cl2N3O. The minimum absolute atomic E-state index is 0.455. The molecule has 2 N–H and O–H groups in total. The molecule has 0 aliphatic rings. The number of hydrazone groups is 1. The van der Waals surface area contributed by atoms with Gasteiger partial charge in [0.1, 0.15) is 0 Å². The van der Waals surface area contributed by atoms with E-state index in [0.717, 1.165) is 11.1 Å². The second-order valence-electron chi connectivity index (χ2n) is 4.26. The van der Waals surface area contributed by atoms with Crippen LogP contribution in [-0.2, 0) is 0 Å². The van der Waals surface area contributed by atoms with Crippen LogP contribution in [0.5, 0.6) is 0 Å². The molecule has 0 radical (unpaired) electrons. The summed E-state index contributed by atoms with van der Waals surface area (Å²) < 4.78 is 0. The summed E-state index contributed by atoms with van der Waals surface area (Å²) in [6, 6.07) is 12.0. The van der Waals surface area contributed by atoms with E-state index >= 15 is 0 Å². The highest BCUT2D eigenvalue weighted by atomic mass is 35.5. The highest BCUT2D eigenvalue weighted by Crippen LogP contribution is 2.22. The van der Waals surface area contributed by atoms with Crippen molar-refractivity contribution in [2.45, 2.75) is 6.92 Å². The van der Waals surface area contributed by atoms with Crippen LogP contribution < -0.4 is 10.7 Å². The van der Waals surface area contributed by atoms with Crippen molar-refractivity contribution in [1.29, 1.82) is 0 Å². The number of benzene rings is 2. The van der Waals surface area contributed by atoms with Gasteiger partial charge in [0.2, 0.25) is 0 Å². The van der Waals surface area contributed by atoms with E-state index in [1.807, 2.05) is 19.1 Å². The monoisotopic (exact) mass is 321 g/mol. The number of hydrogen-bond acceptors (Lipinski definition) is 2. The SMILES string of the molecule is Cc1c(Cl)cccc1NC(=O)N/N=C\c1ccccc1Cl. The van der Waals surface area contributed by atoms with Crippen molar-refractivity contribution in [2.75, 3.05) is 5.32 Å². The molecule has 0 saturated heterocycles. The minimum atomic E-state index is -0.455. The quantitative estimate of drug-likeness (QED) is 0.636. The van der Waals surface area contributed by atoms with Crippen LogP contribution in [0, 0.1) is 6.92 Å². The molecule has 0 unspecified atom stereocenters. The Kier molecular flexibility index (Phi) is 5.20.